The zero-order valence-electron chi connectivity index (χ0n) is 17.2. The summed E-state index contributed by atoms with van der Waals surface area (Å²) in [7, 11) is 1.42. The molecule has 0 fully saturated rings. The summed E-state index contributed by atoms with van der Waals surface area (Å²) < 4.78 is 34.7. The fourth-order valence-electron chi connectivity index (χ4n) is 2.64. The molecule has 0 amide bonds. The van der Waals surface area contributed by atoms with Crippen molar-refractivity contribution >= 4 is 17.3 Å². The van der Waals surface area contributed by atoms with Crippen molar-refractivity contribution in [1.82, 2.24) is 15.6 Å². The van der Waals surface area contributed by atoms with Crippen LogP contribution >= 0.6 is 11.3 Å². The van der Waals surface area contributed by atoms with Crippen molar-refractivity contribution < 1.29 is 18.3 Å². The second kappa shape index (κ2) is 11.5. The Morgan fingerprint density at radius 3 is 2.62 bits per heavy atom. The molecule has 0 aliphatic rings. The zero-order valence-corrected chi connectivity index (χ0v) is 18.0. The number of methoxy groups -OCH3 is 1. The van der Waals surface area contributed by atoms with Gasteiger partial charge in [0.1, 0.15) is 0 Å². The van der Waals surface area contributed by atoms with Gasteiger partial charge in [0, 0.05) is 30.9 Å². The third kappa shape index (κ3) is 7.49. The number of benzene rings is 1. The standard InChI is InChI=1S/C20H28F2N4O2S/c1-5-23-20(25-11-9-18-26-13(2)14(3)29-18)24-10-8-15-6-7-16(27-4)17(12-15)28-19(21)22/h6-7,12,19H,5,8-11H2,1-4H3,(H2,23,24,25). The zero-order chi connectivity index (χ0) is 21.2. The molecule has 2 N–H and O–H groups in total. The average Bonchev–Trinajstić information content (AvgIpc) is 2.99. The van der Waals surface area contributed by atoms with Crippen molar-refractivity contribution in [2.75, 3.05) is 26.7 Å². The molecule has 0 saturated carbocycles. The Balaban J connectivity index is 1.89. The van der Waals surface area contributed by atoms with Crippen LogP contribution in [0.1, 0.15) is 28.1 Å². The first-order valence-corrected chi connectivity index (χ1v) is 10.3. The van der Waals surface area contributed by atoms with Gasteiger partial charge in [0.05, 0.1) is 17.8 Å². The molecule has 6 nitrogen and oxygen atoms in total. The number of halogens is 2. The quantitative estimate of drug-likeness (QED) is 0.448. The molecule has 1 aromatic carbocycles. The molecule has 0 unspecified atom stereocenters. The second-order valence-corrected chi connectivity index (χ2v) is 7.59. The molecule has 0 saturated heterocycles. The van der Waals surface area contributed by atoms with Crippen LogP contribution in [0.25, 0.3) is 0 Å². The van der Waals surface area contributed by atoms with Crippen LogP contribution in [-0.2, 0) is 12.8 Å². The first-order chi connectivity index (χ1) is 13.9. The van der Waals surface area contributed by atoms with Crippen molar-refractivity contribution in [3.8, 4) is 11.5 Å². The summed E-state index contributed by atoms with van der Waals surface area (Å²) in [6, 6.07) is 5.03. The normalized spacial score (nSPS) is 11.6. The van der Waals surface area contributed by atoms with E-state index in [0.29, 0.717) is 19.5 Å². The number of rotatable bonds is 10. The smallest absolute Gasteiger partial charge is 0.387 e. The van der Waals surface area contributed by atoms with Gasteiger partial charge in [-0.3, -0.25) is 4.99 Å². The van der Waals surface area contributed by atoms with Crippen molar-refractivity contribution in [2.24, 2.45) is 4.99 Å². The maximum Gasteiger partial charge on any atom is 0.387 e. The van der Waals surface area contributed by atoms with Crippen molar-refractivity contribution in [1.29, 1.82) is 0 Å². The number of nitrogens with one attached hydrogen (secondary N) is 2. The van der Waals surface area contributed by atoms with Crippen LogP contribution in [0.3, 0.4) is 0 Å². The molecule has 9 heteroatoms. The summed E-state index contributed by atoms with van der Waals surface area (Å²) in [5.41, 5.74) is 1.94. The number of hydrogen-bond acceptors (Lipinski definition) is 5. The number of aromatic nitrogens is 1. The van der Waals surface area contributed by atoms with Crippen LogP contribution in [-0.4, -0.2) is 44.3 Å². The van der Waals surface area contributed by atoms with Gasteiger partial charge in [-0.2, -0.15) is 8.78 Å². The summed E-state index contributed by atoms with van der Waals surface area (Å²) in [6.45, 7) is 5.18. The van der Waals surface area contributed by atoms with Gasteiger partial charge in [0.25, 0.3) is 0 Å². The Morgan fingerprint density at radius 1 is 1.21 bits per heavy atom. The first-order valence-electron chi connectivity index (χ1n) is 9.49. The molecule has 0 bridgehead atoms. The Hall–Kier alpha value is -2.42. The third-order valence-corrected chi connectivity index (χ3v) is 5.30. The number of aryl methyl sites for hydroxylation is 2. The SMILES string of the molecule is CCNC(=NCCc1nc(C)c(C)s1)NCCc1ccc(OC)c(OC(F)F)c1. The number of guanidine groups is 1. The third-order valence-electron chi connectivity index (χ3n) is 4.16. The van der Waals surface area contributed by atoms with E-state index in [1.165, 1.54) is 12.0 Å². The van der Waals surface area contributed by atoms with Crippen LogP contribution < -0.4 is 20.1 Å². The highest BCUT2D eigenvalue weighted by Crippen LogP contribution is 2.29. The largest absolute Gasteiger partial charge is 0.493 e. The average molecular weight is 427 g/mol. The maximum atomic E-state index is 12.6. The summed E-state index contributed by atoms with van der Waals surface area (Å²) in [4.78, 5) is 10.4. The van der Waals surface area contributed by atoms with E-state index in [9.17, 15) is 8.78 Å². The topological polar surface area (TPSA) is 67.8 Å². The second-order valence-electron chi connectivity index (χ2n) is 6.30. The molecule has 0 spiro atoms. The Morgan fingerprint density at radius 2 is 2.00 bits per heavy atom. The molecule has 29 heavy (non-hydrogen) atoms. The fraction of sp³-hybridized carbons (Fsp3) is 0.500. The van der Waals surface area contributed by atoms with E-state index in [1.54, 1.807) is 23.5 Å². The first kappa shape index (κ1) is 22.9. The van der Waals surface area contributed by atoms with Crippen LogP contribution in [0.5, 0.6) is 11.5 Å². The van der Waals surface area contributed by atoms with Gasteiger partial charge in [0.15, 0.2) is 17.5 Å². The van der Waals surface area contributed by atoms with E-state index in [-0.39, 0.29) is 11.5 Å². The van der Waals surface area contributed by atoms with Crippen LogP contribution in [0.15, 0.2) is 23.2 Å². The fourth-order valence-corrected chi connectivity index (χ4v) is 3.56. The minimum absolute atomic E-state index is 0.0367. The highest BCUT2D eigenvalue weighted by Gasteiger charge is 2.11. The number of ether oxygens (including phenoxy) is 2. The predicted octanol–water partition coefficient (Wildman–Crippen LogP) is 3.71. The molecular formula is C20H28F2N4O2S. The van der Waals surface area contributed by atoms with E-state index < -0.39 is 6.61 Å². The Bertz CT molecular complexity index is 792. The van der Waals surface area contributed by atoms with Gasteiger partial charge >= 0.3 is 6.61 Å². The van der Waals surface area contributed by atoms with Crippen LogP contribution in [0, 0.1) is 13.8 Å². The molecule has 2 aromatic rings. The molecule has 1 aromatic heterocycles. The minimum atomic E-state index is -2.89. The van der Waals surface area contributed by atoms with Gasteiger partial charge in [0.2, 0.25) is 0 Å². The van der Waals surface area contributed by atoms with Crippen molar-refractivity contribution in [2.45, 2.75) is 40.2 Å². The molecule has 1 heterocycles. The Labute approximate surface area is 174 Å². The summed E-state index contributed by atoms with van der Waals surface area (Å²) in [5.74, 6) is 1.04. The van der Waals surface area contributed by atoms with Gasteiger partial charge in [-0.15, -0.1) is 11.3 Å². The predicted molar refractivity (Wildman–Crippen MR) is 113 cm³/mol. The number of thiazole rings is 1. The van der Waals surface area contributed by atoms with Crippen LogP contribution in [0.4, 0.5) is 8.78 Å². The molecular weight excluding hydrogens is 398 g/mol. The van der Waals surface area contributed by atoms with E-state index in [2.05, 4.69) is 32.3 Å². The lowest BCUT2D eigenvalue weighted by atomic mass is 10.1. The van der Waals surface area contributed by atoms with Crippen molar-refractivity contribution in [3.05, 3.63) is 39.3 Å². The molecule has 160 valence electrons. The highest BCUT2D eigenvalue weighted by molar-refractivity contribution is 7.11. The lowest BCUT2D eigenvalue weighted by molar-refractivity contribution is -0.0512. The monoisotopic (exact) mass is 426 g/mol. The van der Waals surface area contributed by atoms with Crippen LogP contribution in [0.2, 0.25) is 0 Å². The molecule has 0 radical (unpaired) electrons. The number of alkyl halides is 2. The number of nitrogens with zero attached hydrogens (tertiary/aromatic N) is 2. The number of hydrogen-bond donors (Lipinski definition) is 2. The molecule has 0 aliphatic heterocycles. The van der Waals surface area contributed by atoms with Gasteiger partial charge < -0.3 is 20.1 Å². The summed E-state index contributed by atoms with van der Waals surface area (Å²) >= 11 is 1.71. The molecule has 2 rings (SSSR count). The van der Waals surface area contributed by atoms with E-state index in [1.807, 2.05) is 19.9 Å². The maximum absolute atomic E-state index is 12.6. The van der Waals surface area contributed by atoms with E-state index >= 15 is 0 Å². The van der Waals surface area contributed by atoms with Gasteiger partial charge in [-0.25, -0.2) is 4.98 Å². The highest BCUT2D eigenvalue weighted by atomic mass is 32.1. The molecule has 0 aliphatic carbocycles. The summed E-state index contributed by atoms with van der Waals surface area (Å²) in [5, 5.41) is 7.56. The van der Waals surface area contributed by atoms with Gasteiger partial charge in [-0.05, 0) is 44.9 Å². The lowest BCUT2D eigenvalue weighted by Crippen LogP contribution is -2.38. The summed E-state index contributed by atoms with van der Waals surface area (Å²) in [6.07, 6.45) is 1.42. The Kier molecular flexibility index (Phi) is 9.11. The van der Waals surface area contributed by atoms with Gasteiger partial charge in [-0.1, -0.05) is 6.07 Å². The minimum Gasteiger partial charge on any atom is -0.493 e. The van der Waals surface area contributed by atoms with E-state index in [4.69, 9.17) is 4.74 Å². The molecule has 0 atom stereocenters. The number of aliphatic imine (C=N–C) groups is 1. The lowest BCUT2D eigenvalue weighted by Gasteiger charge is -2.13. The van der Waals surface area contributed by atoms with E-state index in [0.717, 1.165) is 35.2 Å². The van der Waals surface area contributed by atoms with Crippen molar-refractivity contribution in [3.63, 3.8) is 0 Å².